The zero-order valence-electron chi connectivity index (χ0n) is 8.71. The van der Waals surface area contributed by atoms with Crippen LogP contribution in [0.3, 0.4) is 0 Å². The number of ether oxygens (including phenoxy) is 1. The van der Waals surface area contributed by atoms with Gasteiger partial charge in [0.15, 0.2) is 0 Å². The summed E-state index contributed by atoms with van der Waals surface area (Å²) in [6, 6.07) is 2.95. The molecule has 0 spiro atoms. The molecule has 1 rings (SSSR count). The Balaban J connectivity index is 3.37. The lowest BCUT2D eigenvalue weighted by atomic mass is 10.2. The molecule has 92 valence electrons. The third kappa shape index (κ3) is 3.26. The molecule has 17 heavy (non-hydrogen) atoms. The van der Waals surface area contributed by atoms with Crippen LogP contribution >= 0.6 is 0 Å². The van der Waals surface area contributed by atoms with E-state index in [-0.39, 0.29) is 10.6 Å². The van der Waals surface area contributed by atoms with Crippen LogP contribution in [0, 0.1) is 0 Å². The Morgan fingerprint density at radius 1 is 1.35 bits per heavy atom. The Labute approximate surface area is 96.9 Å². The summed E-state index contributed by atoms with van der Waals surface area (Å²) in [4.78, 5) is 21.2. The number of rotatable bonds is 3. The number of hydrogen-bond donors (Lipinski definition) is 2. The van der Waals surface area contributed by atoms with Gasteiger partial charge in [-0.1, -0.05) is 0 Å². The number of carboxylic acid groups (broad SMARTS) is 1. The zero-order valence-corrected chi connectivity index (χ0v) is 9.52. The first kappa shape index (κ1) is 13.1. The molecule has 0 unspecified atom stereocenters. The fraction of sp³-hybridized carbons (Fsp3) is 0.111. The molecule has 0 heterocycles. The Bertz CT molecular complexity index is 577. The number of nitrogens with two attached hydrogens (primary N) is 1. The van der Waals surface area contributed by atoms with Gasteiger partial charge in [-0.25, -0.2) is 18.4 Å². The zero-order chi connectivity index (χ0) is 13.2. The Morgan fingerprint density at radius 2 is 1.94 bits per heavy atom. The van der Waals surface area contributed by atoms with Gasteiger partial charge in [-0.15, -0.1) is 0 Å². The van der Waals surface area contributed by atoms with Gasteiger partial charge in [-0.05, 0) is 18.2 Å². The van der Waals surface area contributed by atoms with E-state index in [4.69, 9.17) is 10.2 Å². The molecule has 0 saturated carbocycles. The Kier molecular flexibility index (Phi) is 3.49. The average molecular weight is 259 g/mol. The predicted octanol–water partition coefficient (Wildman–Crippen LogP) is -0.0425. The van der Waals surface area contributed by atoms with Crippen LogP contribution in [-0.2, 0) is 14.8 Å². The molecule has 1 aromatic carbocycles. The predicted molar refractivity (Wildman–Crippen MR) is 56.1 cm³/mol. The van der Waals surface area contributed by atoms with Gasteiger partial charge >= 0.3 is 11.9 Å². The van der Waals surface area contributed by atoms with Crippen LogP contribution in [-0.4, -0.2) is 25.5 Å². The molecule has 0 aliphatic carbocycles. The van der Waals surface area contributed by atoms with Crippen molar-refractivity contribution in [3.8, 4) is 5.75 Å². The number of carbonyl (C=O) groups excluding carboxylic acids is 1. The highest BCUT2D eigenvalue weighted by Crippen LogP contribution is 2.22. The molecule has 0 bridgehead atoms. The number of primary sulfonamides is 1. The van der Waals surface area contributed by atoms with Gasteiger partial charge in [0.1, 0.15) is 11.3 Å². The third-order valence-corrected chi connectivity index (χ3v) is 2.67. The van der Waals surface area contributed by atoms with Crippen molar-refractivity contribution in [2.24, 2.45) is 5.14 Å². The maximum absolute atomic E-state index is 11.0. The summed E-state index contributed by atoms with van der Waals surface area (Å²) in [5, 5.41) is 13.7. The van der Waals surface area contributed by atoms with E-state index in [1.807, 2.05) is 0 Å². The first-order valence-corrected chi connectivity index (χ1v) is 5.85. The highest BCUT2D eigenvalue weighted by atomic mass is 32.2. The van der Waals surface area contributed by atoms with Crippen LogP contribution in [0.4, 0.5) is 0 Å². The van der Waals surface area contributed by atoms with Crippen LogP contribution in [0.15, 0.2) is 23.1 Å². The van der Waals surface area contributed by atoms with Crippen molar-refractivity contribution >= 4 is 22.0 Å². The molecule has 0 atom stereocenters. The summed E-state index contributed by atoms with van der Waals surface area (Å²) >= 11 is 0. The van der Waals surface area contributed by atoms with E-state index in [0.717, 1.165) is 25.1 Å². The van der Waals surface area contributed by atoms with E-state index in [0.29, 0.717) is 0 Å². The molecule has 0 aliphatic rings. The second-order valence-electron chi connectivity index (χ2n) is 3.10. The van der Waals surface area contributed by atoms with E-state index in [9.17, 15) is 18.0 Å². The van der Waals surface area contributed by atoms with Gasteiger partial charge in [0.2, 0.25) is 10.0 Å². The Morgan fingerprint density at radius 3 is 2.35 bits per heavy atom. The molecule has 1 aromatic rings. The summed E-state index contributed by atoms with van der Waals surface area (Å²) in [6.45, 7) is 1.10. The van der Waals surface area contributed by atoms with Gasteiger partial charge in [0.05, 0.1) is 4.90 Å². The molecule has 0 radical (unpaired) electrons. The first-order chi connectivity index (χ1) is 7.71. The minimum atomic E-state index is -4.01. The van der Waals surface area contributed by atoms with E-state index >= 15 is 0 Å². The van der Waals surface area contributed by atoms with Crippen molar-refractivity contribution in [3.05, 3.63) is 23.8 Å². The second kappa shape index (κ2) is 4.52. The second-order valence-corrected chi connectivity index (χ2v) is 4.66. The number of sulfonamides is 1. The molecule has 0 aromatic heterocycles. The van der Waals surface area contributed by atoms with Crippen molar-refractivity contribution in [2.75, 3.05) is 0 Å². The summed E-state index contributed by atoms with van der Waals surface area (Å²) in [5.74, 6) is -2.37. The molecule has 0 saturated heterocycles. The standard InChI is InChI=1S/C9H9NO6S/c1-5(11)16-8-3-2-6(17(10,14)15)4-7(8)9(12)13/h2-4H,1H3,(H,12,13)(H2,10,14,15). The van der Waals surface area contributed by atoms with Crippen molar-refractivity contribution in [1.29, 1.82) is 0 Å². The minimum Gasteiger partial charge on any atom is -0.478 e. The molecular formula is C9H9NO6S. The van der Waals surface area contributed by atoms with Gasteiger partial charge in [-0.2, -0.15) is 0 Å². The summed E-state index contributed by atoms with van der Waals surface area (Å²) in [5.41, 5.74) is -0.452. The average Bonchev–Trinajstić information content (AvgIpc) is 2.15. The van der Waals surface area contributed by atoms with Crippen molar-refractivity contribution in [3.63, 3.8) is 0 Å². The maximum atomic E-state index is 11.0. The largest absolute Gasteiger partial charge is 0.478 e. The monoisotopic (exact) mass is 259 g/mol. The number of carbonyl (C=O) groups is 2. The molecule has 0 fully saturated rings. The molecular weight excluding hydrogens is 250 g/mol. The smallest absolute Gasteiger partial charge is 0.339 e. The molecule has 0 aliphatic heterocycles. The van der Waals surface area contributed by atoms with E-state index < -0.39 is 27.5 Å². The summed E-state index contributed by atoms with van der Waals surface area (Å²) in [7, 11) is -4.01. The lowest BCUT2D eigenvalue weighted by Crippen LogP contribution is -2.14. The highest BCUT2D eigenvalue weighted by molar-refractivity contribution is 7.89. The molecule has 8 heteroatoms. The number of aromatic carboxylic acids is 1. The maximum Gasteiger partial charge on any atom is 0.339 e. The number of benzene rings is 1. The first-order valence-electron chi connectivity index (χ1n) is 4.30. The fourth-order valence-electron chi connectivity index (χ4n) is 1.10. The minimum absolute atomic E-state index is 0.239. The van der Waals surface area contributed by atoms with E-state index in [2.05, 4.69) is 4.74 Å². The normalized spacial score (nSPS) is 10.9. The summed E-state index contributed by atoms with van der Waals surface area (Å²) in [6.07, 6.45) is 0. The van der Waals surface area contributed by atoms with Crippen LogP contribution < -0.4 is 9.88 Å². The van der Waals surface area contributed by atoms with Crippen LogP contribution in [0.2, 0.25) is 0 Å². The molecule has 3 N–H and O–H groups in total. The van der Waals surface area contributed by atoms with E-state index in [1.54, 1.807) is 0 Å². The quantitative estimate of drug-likeness (QED) is 0.579. The summed E-state index contributed by atoms with van der Waals surface area (Å²) < 4.78 is 26.7. The van der Waals surface area contributed by atoms with Gasteiger partial charge in [-0.3, -0.25) is 4.79 Å². The van der Waals surface area contributed by atoms with Crippen LogP contribution in [0.25, 0.3) is 0 Å². The topological polar surface area (TPSA) is 124 Å². The molecule has 7 nitrogen and oxygen atoms in total. The number of hydrogen-bond acceptors (Lipinski definition) is 5. The molecule has 0 amide bonds. The van der Waals surface area contributed by atoms with Crippen LogP contribution in [0.5, 0.6) is 5.75 Å². The number of carboxylic acids is 1. The van der Waals surface area contributed by atoms with Gasteiger partial charge in [0, 0.05) is 6.92 Å². The fourth-order valence-corrected chi connectivity index (χ4v) is 1.64. The van der Waals surface area contributed by atoms with Gasteiger partial charge < -0.3 is 9.84 Å². The lowest BCUT2D eigenvalue weighted by Gasteiger charge is -2.06. The van der Waals surface area contributed by atoms with Gasteiger partial charge in [0.25, 0.3) is 0 Å². The third-order valence-electron chi connectivity index (χ3n) is 1.76. The van der Waals surface area contributed by atoms with Crippen LogP contribution in [0.1, 0.15) is 17.3 Å². The van der Waals surface area contributed by atoms with E-state index in [1.165, 1.54) is 0 Å². The lowest BCUT2D eigenvalue weighted by molar-refractivity contribution is -0.131. The van der Waals surface area contributed by atoms with Crippen molar-refractivity contribution in [1.82, 2.24) is 0 Å². The highest BCUT2D eigenvalue weighted by Gasteiger charge is 2.17. The SMILES string of the molecule is CC(=O)Oc1ccc(S(N)(=O)=O)cc1C(=O)O. The van der Waals surface area contributed by atoms with Crippen molar-refractivity contribution < 1.29 is 27.9 Å². The Hall–Kier alpha value is -1.93. The van der Waals surface area contributed by atoms with Crippen molar-refractivity contribution in [2.45, 2.75) is 11.8 Å². The number of esters is 1.